The minimum Gasteiger partial charge on any atom is -0.507 e. The molecule has 0 aromatic heterocycles. The number of carbonyl (C=O) groups excluding carboxylic acids is 1. The molecule has 0 saturated carbocycles. The van der Waals surface area contributed by atoms with Gasteiger partial charge in [0, 0.05) is 0 Å². The molecule has 0 fully saturated rings. The van der Waals surface area contributed by atoms with E-state index < -0.39 is 0 Å². The highest BCUT2D eigenvalue weighted by molar-refractivity contribution is 6.08. The van der Waals surface area contributed by atoms with Gasteiger partial charge in [-0.1, -0.05) is 6.08 Å². The number of phenolic OH excluding ortho intramolecular Hbond substituents is 1. The lowest BCUT2D eigenvalue weighted by Crippen LogP contribution is -1.99. The summed E-state index contributed by atoms with van der Waals surface area (Å²) in [6.07, 6.45) is 3.21. The highest BCUT2D eigenvalue weighted by atomic mass is 16.5. The highest BCUT2D eigenvalue weighted by Crippen LogP contribution is 2.26. The largest absolute Gasteiger partial charge is 0.507 e. The molecule has 0 bridgehead atoms. The van der Waals surface area contributed by atoms with Gasteiger partial charge in [-0.05, 0) is 66.9 Å². The smallest absolute Gasteiger partial charge is 0.189 e. The van der Waals surface area contributed by atoms with Gasteiger partial charge in [-0.3, -0.25) is 4.79 Å². The number of rotatable bonds is 5. The first kappa shape index (κ1) is 16.6. The molecular weight excluding hydrogens is 292 g/mol. The number of phenols is 1. The predicted octanol–water partition coefficient (Wildman–Crippen LogP) is 3.92. The van der Waals surface area contributed by atoms with Crippen LogP contribution in [0.5, 0.6) is 17.2 Å². The Morgan fingerprint density at radius 1 is 1.04 bits per heavy atom. The third-order valence-corrected chi connectivity index (χ3v) is 3.61. The van der Waals surface area contributed by atoms with Gasteiger partial charge in [-0.25, -0.2) is 0 Å². The van der Waals surface area contributed by atoms with Crippen LogP contribution < -0.4 is 9.47 Å². The molecule has 0 saturated heterocycles. The molecule has 0 unspecified atom stereocenters. The Bertz CT molecular complexity index is 737. The molecule has 0 spiro atoms. The van der Waals surface area contributed by atoms with Gasteiger partial charge in [0.15, 0.2) is 5.78 Å². The summed E-state index contributed by atoms with van der Waals surface area (Å²) in [6.45, 7) is 3.65. The molecule has 23 heavy (non-hydrogen) atoms. The van der Waals surface area contributed by atoms with Crippen LogP contribution in [-0.4, -0.2) is 25.1 Å². The Labute approximate surface area is 136 Å². The number of ketones is 1. The van der Waals surface area contributed by atoms with Crippen LogP contribution in [0.4, 0.5) is 0 Å². The third-order valence-electron chi connectivity index (χ3n) is 3.61. The molecule has 0 atom stereocenters. The number of carbonyl (C=O) groups is 1. The Morgan fingerprint density at radius 2 is 1.70 bits per heavy atom. The Hall–Kier alpha value is -2.75. The maximum Gasteiger partial charge on any atom is 0.189 e. The van der Waals surface area contributed by atoms with Crippen LogP contribution >= 0.6 is 0 Å². The Kier molecular flexibility index (Phi) is 5.06. The molecule has 0 heterocycles. The summed E-state index contributed by atoms with van der Waals surface area (Å²) in [4.78, 5) is 12.4. The van der Waals surface area contributed by atoms with Gasteiger partial charge < -0.3 is 14.6 Å². The zero-order valence-electron chi connectivity index (χ0n) is 13.7. The number of aromatic hydroxyl groups is 1. The maximum atomic E-state index is 12.4. The van der Waals surface area contributed by atoms with Gasteiger partial charge in [0.1, 0.15) is 17.2 Å². The second kappa shape index (κ2) is 7.01. The number of methoxy groups -OCH3 is 2. The van der Waals surface area contributed by atoms with Crippen LogP contribution in [0.2, 0.25) is 0 Å². The van der Waals surface area contributed by atoms with Crippen LogP contribution in [0.25, 0.3) is 6.08 Å². The zero-order valence-corrected chi connectivity index (χ0v) is 13.7. The molecule has 4 heteroatoms. The summed E-state index contributed by atoms with van der Waals surface area (Å²) in [5, 5.41) is 9.79. The van der Waals surface area contributed by atoms with E-state index >= 15 is 0 Å². The van der Waals surface area contributed by atoms with Crippen molar-refractivity contribution in [1.29, 1.82) is 0 Å². The van der Waals surface area contributed by atoms with Crippen molar-refractivity contribution in [3.63, 3.8) is 0 Å². The van der Waals surface area contributed by atoms with E-state index in [9.17, 15) is 9.90 Å². The zero-order chi connectivity index (χ0) is 17.0. The molecule has 1 N–H and O–H groups in total. The van der Waals surface area contributed by atoms with E-state index in [0.29, 0.717) is 17.1 Å². The number of allylic oxidation sites excluding steroid dienone is 1. The molecule has 2 aromatic rings. The molecule has 4 nitrogen and oxygen atoms in total. The lowest BCUT2D eigenvalue weighted by molar-refractivity contribution is 0.104. The molecule has 0 aliphatic carbocycles. The maximum absolute atomic E-state index is 12.4. The van der Waals surface area contributed by atoms with Crippen molar-refractivity contribution < 1.29 is 19.4 Å². The van der Waals surface area contributed by atoms with Crippen molar-refractivity contribution in [1.82, 2.24) is 0 Å². The van der Waals surface area contributed by atoms with Gasteiger partial charge in [-0.2, -0.15) is 0 Å². The summed E-state index contributed by atoms with van der Waals surface area (Å²) in [5.41, 5.74) is 2.84. The average Bonchev–Trinajstić information content (AvgIpc) is 2.56. The fraction of sp³-hybridized carbons (Fsp3) is 0.211. The summed E-state index contributed by atoms with van der Waals surface area (Å²) < 4.78 is 10.4. The minimum atomic E-state index is -0.177. The van der Waals surface area contributed by atoms with Crippen molar-refractivity contribution in [2.24, 2.45) is 0 Å². The van der Waals surface area contributed by atoms with Crippen molar-refractivity contribution >= 4 is 11.9 Å². The molecule has 0 aliphatic heterocycles. The molecule has 120 valence electrons. The molecule has 0 aliphatic rings. The second-order valence-corrected chi connectivity index (χ2v) is 5.27. The van der Waals surface area contributed by atoms with E-state index in [1.807, 2.05) is 26.0 Å². The van der Waals surface area contributed by atoms with Crippen LogP contribution in [0, 0.1) is 13.8 Å². The molecule has 0 amide bonds. The lowest BCUT2D eigenvalue weighted by atomic mass is 10.0. The van der Waals surface area contributed by atoms with Crippen molar-refractivity contribution in [2.45, 2.75) is 13.8 Å². The summed E-state index contributed by atoms with van der Waals surface area (Å²) >= 11 is 0. The van der Waals surface area contributed by atoms with E-state index in [1.54, 1.807) is 31.4 Å². The fourth-order valence-corrected chi connectivity index (χ4v) is 2.35. The molecular formula is C19H20O4. The lowest BCUT2D eigenvalue weighted by Gasteiger charge is -2.08. The predicted molar refractivity (Wildman–Crippen MR) is 90.5 cm³/mol. The number of hydrogen-bond donors (Lipinski definition) is 1. The molecule has 2 aromatic carbocycles. The van der Waals surface area contributed by atoms with Crippen molar-refractivity contribution in [3.8, 4) is 17.2 Å². The van der Waals surface area contributed by atoms with E-state index in [4.69, 9.17) is 9.47 Å². The number of aryl methyl sites for hydroxylation is 2. The van der Waals surface area contributed by atoms with Gasteiger partial charge in [0.25, 0.3) is 0 Å². The van der Waals surface area contributed by atoms with Gasteiger partial charge in [-0.15, -0.1) is 0 Å². The topological polar surface area (TPSA) is 55.8 Å². The summed E-state index contributed by atoms with van der Waals surface area (Å²) in [6, 6.07) is 8.75. The first-order valence-electron chi connectivity index (χ1n) is 7.21. The quantitative estimate of drug-likeness (QED) is 0.671. The van der Waals surface area contributed by atoms with Crippen LogP contribution in [0.1, 0.15) is 27.0 Å². The standard InChI is InChI=1S/C19H20O4/c1-12-9-14(10-13(2)19(12)21)5-7-17(20)16-11-15(22-3)6-8-18(16)23-4/h5-11,21H,1-4H3/b7-5+. The number of ether oxygens (including phenoxy) is 2. The fourth-order valence-electron chi connectivity index (χ4n) is 2.35. The van der Waals surface area contributed by atoms with E-state index in [0.717, 1.165) is 16.7 Å². The number of benzene rings is 2. The SMILES string of the molecule is COc1ccc(OC)c(C(=O)/C=C/c2cc(C)c(O)c(C)c2)c1. The van der Waals surface area contributed by atoms with Crippen molar-refractivity contribution in [2.75, 3.05) is 14.2 Å². The Balaban J connectivity index is 2.32. The number of hydrogen-bond acceptors (Lipinski definition) is 4. The van der Waals surface area contributed by atoms with E-state index in [2.05, 4.69) is 0 Å². The first-order valence-corrected chi connectivity index (χ1v) is 7.21. The van der Waals surface area contributed by atoms with Gasteiger partial charge in [0.2, 0.25) is 0 Å². The highest BCUT2D eigenvalue weighted by Gasteiger charge is 2.11. The normalized spacial score (nSPS) is 10.8. The third kappa shape index (κ3) is 3.72. The molecule has 2 rings (SSSR count). The monoisotopic (exact) mass is 312 g/mol. The molecule has 0 radical (unpaired) electrons. The minimum absolute atomic E-state index is 0.177. The van der Waals surface area contributed by atoms with Crippen LogP contribution in [0.3, 0.4) is 0 Å². The summed E-state index contributed by atoms with van der Waals surface area (Å²) in [5.74, 6) is 1.20. The Morgan fingerprint density at radius 3 is 2.26 bits per heavy atom. The van der Waals surface area contributed by atoms with Gasteiger partial charge >= 0.3 is 0 Å². The van der Waals surface area contributed by atoms with E-state index in [-0.39, 0.29) is 11.5 Å². The average molecular weight is 312 g/mol. The summed E-state index contributed by atoms with van der Waals surface area (Å²) in [7, 11) is 3.07. The first-order chi connectivity index (χ1) is 11.0. The van der Waals surface area contributed by atoms with E-state index in [1.165, 1.54) is 13.2 Å². The second-order valence-electron chi connectivity index (χ2n) is 5.27. The van der Waals surface area contributed by atoms with Crippen LogP contribution in [-0.2, 0) is 0 Å². The van der Waals surface area contributed by atoms with Gasteiger partial charge in [0.05, 0.1) is 19.8 Å². The van der Waals surface area contributed by atoms with Crippen molar-refractivity contribution in [3.05, 3.63) is 58.7 Å². The van der Waals surface area contributed by atoms with Crippen LogP contribution in [0.15, 0.2) is 36.4 Å².